The highest BCUT2D eigenvalue weighted by Crippen LogP contribution is 2.23. The molecule has 3 aromatic rings. The number of ether oxygens (including phenoxy) is 2. The highest BCUT2D eigenvalue weighted by atomic mass is 32.1. The van der Waals surface area contributed by atoms with Gasteiger partial charge in [0.25, 0.3) is 5.91 Å². The smallest absolute Gasteiger partial charge is 0.264 e. The Balaban J connectivity index is 1.56. The van der Waals surface area contributed by atoms with Gasteiger partial charge in [-0.2, -0.15) is 0 Å². The summed E-state index contributed by atoms with van der Waals surface area (Å²) in [6.07, 6.45) is 1.70. The van der Waals surface area contributed by atoms with Crippen molar-refractivity contribution in [3.63, 3.8) is 0 Å². The molecule has 1 aromatic carbocycles. The number of anilines is 1. The van der Waals surface area contributed by atoms with Gasteiger partial charge >= 0.3 is 0 Å². The molecule has 0 aliphatic carbocycles. The first-order valence-electron chi connectivity index (χ1n) is 7.18. The fourth-order valence-corrected chi connectivity index (χ4v) is 2.68. The number of amides is 1. The van der Waals surface area contributed by atoms with Gasteiger partial charge in [0.15, 0.2) is 11.7 Å². The third kappa shape index (κ3) is 4.08. The number of rotatable bonds is 6. The maximum absolute atomic E-state index is 12.0. The fraction of sp³-hybridized carbons (Fsp3) is 0.118. The molecule has 7 heteroatoms. The molecule has 1 amide bonds. The van der Waals surface area contributed by atoms with Crippen LogP contribution in [0.25, 0.3) is 11.4 Å². The standard InChI is InChI=1S/C17H15N3O3S/c1-22-12-5-4-6-13(9-12)23-10-16(21)20-17-19-15(11-24-17)14-7-2-3-8-18-14/h2-9,11H,10H2,1H3,(H,19,20,21). The maximum atomic E-state index is 12.0. The zero-order valence-corrected chi connectivity index (χ0v) is 13.7. The van der Waals surface area contributed by atoms with Crippen LogP contribution in [0.5, 0.6) is 11.5 Å². The molecule has 0 aliphatic heterocycles. The molecule has 0 unspecified atom stereocenters. The van der Waals surface area contributed by atoms with Crippen LogP contribution in [0.15, 0.2) is 54.0 Å². The van der Waals surface area contributed by atoms with E-state index in [4.69, 9.17) is 9.47 Å². The second kappa shape index (κ2) is 7.56. The first-order valence-corrected chi connectivity index (χ1v) is 8.06. The van der Waals surface area contributed by atoms with Crippen LogP contribution in [0, 0.1) is 0 Å². The molecule has 122 valence electrons. The lowest BCUT2D eigenvalue weighted by molar-refractivity contribution is -0.118. The Morgan fingerprint density at radius 1 is 1.17 bits per heavy atom. The lowest BCUT2D eigenvalue weighted by Gasteiger charge is -2.07. The first-order chi connectivity index (χ1) is 11.7. The van der Waals surface area contributed by atoms with Crippen LogP contribution >= 0.6 is 11.3 Å². The Morgan fingerprint density at radius 3 is 2.83 bits per heavy atom. The van der Waals surface area contributed by atoms with E-state index in [0.717, 1.165) is 11.4 Å². The molecule has 0 saturated carbocycles. The van der Waals surface area contributed by atoms with Gasteiger partial charge in [-0.1, -0.05) is 12.1 Å². The SMILES string of the molecule is COc1cccc(OCC(=O)Nc2nc(-c3ccccn3)cs2)c1. The van der Waals surface area contributed by atoms with Crippen molar-refractivity contribution < 1.29 is 14.3 Å². The molecule has 1 N–H and O–H groups in total. The Morgan fingerprint density at radius 2 is 2.04 bits per heavy atom. The van der Waals surface area contributed by atoms with Gasteiger partial charge < -0.3 is 9.47 Å². The van der Waals surface area contributed by atoms with Gasteiger partial charge in [-0.25, -0.2) is 4.98 Å². The zero-order valence-electron chi connectivity index (χ0n) is 12.9. The molecule has 0 spiro atoms. The average molecular weight is 341 g/mol. The lowest BCUT2D eigenvalue weighted by Crippen LogP contribution is -2.20. The summed E-state index contributed by atoms with van der Waals surface area (Å²) in [5, 5.41) is 5.07. The second-order valence-electron chi connectivity index (χ2n) is 4.77. The first kappa shape index (κ1) is 15.9. The van der Waals surface area contributed by atoms with Crippen LogP contribution in [0.2, 0.25) is 0 Å². The summed E-state index contributed by atoms with van der Waals surface area (Å²) in [6, 6.07) is 12.7. The minimum Gasteiger partial charge on any atom is -0.497 e. The molecule has 3 rings (SSSR count). The van der Waals surface area contributed by atoms with E-state index < -0.39 is 0 Å². The number of nitrogens with zero attached hydrogens (tertiary/aromatic N) is 2. The molecule has 0 bridgehead atoms. The van der Waals surface area contributed by atoms with E-state index in [0.29, 0.717) is 16.6 Å². The fourth-order valence-electron chi connectivity index (χ4n) is 1.96. The minimum atomic E-state index is -0.278. The molecule has 0 saturated heterocycles. The van der Waals surface area contributed by atoms with Crippen molar-refractivity contribution in [3.8, 4) is 22.9 Å². The van der Waals surface area contributed by atoms with E-state index >= 15 is 0 Å². The Labute approximate surface area is 143 Å². The summed E-state index contributed by atoms with van der Waals surface area (Å²) in [6.45, 7) is -0.105. The van der Waals surface area contributed by atoms with Crippen LogP contribution in [-0.2, 0) is 4.79 Å². The molecule has 0 aliphatic rings. The molecular weight excluding hydrogens is 326 g/mol. The van der Waals surface area contributed by atoms with E-state index in [1.54, 1.807) is 31.5 Å². The third-order valence-electron chi connectivity index (χ3n) is 3.09. The Kier molecular flexibility index (Phi) is 5.02. The summed E-state index contributed by atoms with van der Waals surface area (Å²) >= 11 is 1.34. The highest BCUT2D eigenvalue weighted by Gasteiger charge is 2.09. The van der Waals surface area contributed by atoms with Gasteiger partial charge in [0.2, 0.25) is 0 Å². The predicted octanol–water partition coefficient (Wildman–Crippen LogP) is 3.23. The molecule has 2 aromatic heterocycles. The summed E-state index contributed by atoms with van der Waals surface area (Å²) in [7, 11) is 1.58. The number of thiazole rings is 1. The number of benzene rings is 1. The maximum Gasteiger partial charge on any atom is 0.264 e. The molecular formula is C17H15N3O3S. The van der Waals surface area contributed by atoms with Gasteiger partial charge in [-0.05, 0) is 24.3 Å². The quantitative estimate of drug-likeness (QED) is 0.745. The monoisotopic (exact) mass is 341 g/mol. The molecule has 6 nitrogen and oxygen atoms in total. The molecule has 0 atom stereocenters. The number of nitrogens with one attached hydrogen (secondary N) is 1. The van der Waals surface area contributed by atoms with Crippen molar-refractivity contribution >= 4 is 22.4 Å². The number of methoxy groups -OCH3 is 1. The highest BCUT2D eigenvalue weighted by molar-refractivity contribution is 7.14. The number of carbonyl (C=O) groups is 1. The Bertz CT molecular complexity index is 821. The normalized spacial score (nSPS) is 10.2. The van der Waals surface area contributed by atoms with Crippen molar-refractivity contribution in [2.24, 2.45) is 0 Å². The summed E-state index contributed by atoms with van der Waals surface area (Å²) in [5.41, 5.74) is 1.49. The van der Waals surface area contributed by atoms with Crippen LogP contribution < -0.4 is 14.8 Å². The zero-order chi connectivity index (χ0) is 16.8. The number of carbonyl (C=O) groups excluding carboxylic acids is 1. The van der Waals surface area contributed by atoms with E-state index in [1.807, 2.05) is 29.6 Å². The van der Waals surface area contributed by atoms with Crippen molar-refractivity contribution in [1.82, 2.24) is 9.97 Å². The van der Waals surface area contributed by atoms with Gasteiger partial charge in [0, 0.05) is 17.6 Å². The van der Waals surface area contributed by atoms with Gasteiger partial charge in [0.05, 0.1) is 12.8 Å². The topological polar surface area (TPSA) is 73.3 Å². The molecule has 0 fully saturated rings. The second-order valence-corrected chi connectivity index (χ2v) is 5.63. The van der Waals surface area contributed by atoms with Crippen molar-refractivity contribution in [1.29, 1.82) is 0 Å². The third-order valence-corrected chi connectivity index (χ3v) is 3.85. The van der Waals surface area contributed by atoms with Crippen LogP contribution in [0.3, 0.4) is 0 Å². The van der Waals surface area contributed by atoms with Crippen molar-refractivity contribution in [2.75, 3.05) is 19.0 Å². The van der Waals surface area contributed by atoms with Crippen LogP contribution in [0.4, 0.5) is 5.13 Å². The van der Waals surface area contributed by atoms with E-state index in [2.05, 4.69) is 15.3 Å². The Hall–Kier alpha value is -2.93. The van der Waals surface area contributed by atoms with E-state index in [1.165, 1.54) is 11.3 Å². The van der Waals surface area contributed by atoms with E-state index in [-0.39, 0.29) is 12.5 Å². The summed E-state index contributed by atoms with van der Waals surface area (Å²) in [5.74, 6) is 0.963. The van der Waals surface area contributed by atoms with Crippen LogP contribution in [-0.4, -0.2) is 29.6 Å². The predicted molar refractivity (Wildman–Crippen MR) is 92.5 cm³/mol. The minimum absolute atomic E-state index is 0.105. The molecule has 2 heterocycles. The van der Waals surface area contributed by atoms with Crippen molar-refractivity contribution in [3.05, 3.63) is 54.0 Å². The average Bonchev–Trinajstić information content (AvgIpc) is 3.09. The van der Waals surface area contributed by atoms with Crippen molar-refractivity contribution in [2.45, 2.75) is 0 Å². The number of aromatic nitrogens is 2. The van der Waals surface area contributed by atoms with Crippen LogP contribution in [0.1, 0.15) is 0 Å². The molecule has 0 radical (unpaired) electrons. The number of hydrogen-bond donors (Lipinski definition) is 1. The number of pyridine rings is 1. The van der Waals surface area contributed by atoms with Gasteiger partial charge in [-0.3, -0.25) is 15.1 Å². The largest absolute Gasteiger partial charge is 0.497 e. The van der Waals surface area contributed by atoms with Gasteiger partial charge in [-0.15, -0.1) is 11.3 Å². The summed E-state index contributed by atoms with van der Waals surface area (Å²) < 4.78 is 10.6. The lowest BCUT2D eigenvalue weighted by atomic mass is 10.3. The van der Waals surface area contributed by atoms with E-state index in [9.17, 15) is 4.79 Å². The van der Waals surface area contributed by atoms with Gasteiger partial charge in [0.1, 0.15) is 17.2 Å². The molecule has 24 heavy (non-hydrogen) atoms. The summed E-state index contributed by atoms with van der Waals surface area (Å²) in [4.78, 5) is 20.5. The number of hydrogen-bond acceptors (Lipinski definition) is 6.